The lowest BCUT2D eigenvalue weighted by molar-refractivity contribution is -0.0501. The first-order valence-electron chi connectivity index (χ1n) is 9.42. The van der Waals surface area contributed by atoms with Gasteiger partial charge in [0.15, 0.2) is 0 Å². The van der Waals surface area contributed by atoms with Crippen LogP contribution in [0, 0.1) is 0 Å². The van der Waals surface area contributed by atoms with E-state index in [2.05, 4.69) is 19.9 Å². The van der Waals surface area contributed by atoms with E-state index in [1.165, 1.54) is 23.1 Å². The third kappa shape index (κ3) is 4.53. The first-order chi connectivity index (χ1) is 14.6. The van der Waals surface area contributed by atoms with E-state index in [1.807, 2.05) is 6.07 Å². The van der Waals surface area contributed by atoms with Crippen molar-refractivity contribution in [1.82, 2.24) is 24.9 Å². The van der Waals surface area contributed by atoms with Crippen molar-refractivity contribution < 1.29 is 23.0 Å². The highest BCUT2D eigenvalue weighted by Crippen LogP contribution is 2.23. The zero-order valence-electron chi connectivity index (χ0n) is 15.9. The summed E-state index contributed by atoms with van der Waals surface area (Å²) < 4.78 is 35.0. The van der Waals surface area contributed by atoms with E-state index in [4.69, 9.17) is 4.74 Å². The maximum atomic E-state index is 13.2. The highest BCUT2D eigenvalue weighted by molar-refractivity contribution is 5.97. The predicted molar refractivity (Wildman–Crippen MR) is 102 cm³/mol. The lowest BCUT2D eigenvalue weighted by atomic mass is 10.1. The Kier molecular flexibility index (Phi) is 5.82. The quantitative estimate of drug-likeness (QED) is 0.616. The number of ether oxygens (including phenoxy) is 2. The SMILES string of the molecule is O=C(c1ccccc1-n1nccn1)N1CCC[C@@H](Oc2cc(OC(F)F)ccn2)C1. The number of nitrogens with zero attached hydrogens (tertiary/aromatic N) is 5. The normalized spacial score (nSPS) is 16.5. The molecule has 1 amide bonds. The Labute approximate surface area is 171 Å². The number of carbonyl (C=O) groups is 1. The van der Waals surface area contributed by atoms with Gasteiger partial charge in [0.05, 0.1) is 30.2 Å². The molecule has 4 rings (SSSR count). The number of pyridine rings is 1. The van der Waals surface area contributed by atoms with Crippen LogP contribution in [-0.4, -0.2) is 56.6 Å². The first kappa shape index (κ1) is 19.7. The summed E-state index contributed by atoms with van der Waals surface area (Å²) in [6.45, 7) is -1.99. The van der Waals surface area contributed by atoms with E-state index in [1.54, 1.807) is 35.5 Å². The highest BCUT2D eigenvalue weighted by atomic mass is 19.3. The van der Waals surface area contributed by atoms with Gasteiger partial charge in [-0.3, -0.25) is 4.79 Å². The average molecular weight is 415 g/mol. The second kappa shape index (κ2) is 8.85. The van der Waals surface area contributed by atoms with E-state index >= 15 is 0 Å². The van der Waals surface area contributed by atoms with Crippen LogP contribution in [0.1, 0.15) is 23.2 Å². The average Bonchev–Trinajstić information content (AvgIpc) is 3.28. The predicted octanol–water partition coefficient (Wildman–Crippen LogP) is 2.95. The van der Waals surface area contributed by atoms with Crippen molar-refractivity contribution >= 4 is 5.91 Å². The summed E-state index contributed by atoms with van der Waals surface area (Å²) in [6, 6.07) is 9.76. The van der Waals surface area contributed by atoms with Crippen LogP contribution in [0.4, 0.5) is 8.78 Å². The molecule has 1 aliphatic heterocycles. The molecule has 0 aliphatic carbocycles. The fraction of sp³-hybridized carbons (Fsp3) is 0.300. The van der Waals surface area contributed by atoms with Crippen LogP contribution >= 0.6 is 0 Å². The Morgan fingerprint density at radius 1 is 1.13 bits per heavy atom. The summed E-state index contributed by atoms with van der Waals surface area (Å²) in [6.07, 6.45) is 5.58. The van der Waals surface area contributed by atoms with Crippen molar-refractivity contribution in [3.63, 3.8) is 0 Å². The number of benzene rings is 1. The van der Waals surface area contributed by atoms with E-state index < -0.39 is 6.61 Å². The lowest BCUT2D eigenvalue weighted by Gasteiger charge is -2.33. The van der Waals surface area contributed by atoms with Gasteiger partial charge in [-0.25, -0.2) is 4.98 Å². The van der Waals surface area contributed by atoms with Crippen molar-refractivity contribution in [2.45, 2.75) is 25.6 Å². The second-order valence-electron chi connectivity index (χ2n) is 6.68. The van der Waals surface area contributed by atoms with Crippen LogP contribution in [0.3, 0.4) is 0 Å². The van der Waals surface area contributed by atoms with E-state index in [0.717, 1.165) is 6.42 Å². The number of hydrogen-bond donors (Lipinski definition) is 0. The number of hydrogen-bond acceptors (Lipinski definition) is 6. The van der Waals surface area contributed by atoms with E-state index in [9.17, 15) is 13.6 Å². The number of likely N-dealkylation sites (tertiary alicyclic amines) is 1. The molecular weight excluding hydrogens is 396 g/mol. The molecule has 30 heavy (non-hydrogen) atoms. The lowest BCUT2D eigenvalue weighted by Crippen LogP contribution is -2.44. The molecule has 10 heteroatoms. The molecular formula is C20H19F2N5O3. The van der Waals surface area contributed by atoms with Gasteiger partial charge in [-0.05, 0) is 31.0 Å². The van der Waals surface area contributed by atoms with Crippen LogP contribution in [0.25, 0.3) is 5.69 Å². The van der Waals surface area contributed by atoms with Gasteiger partial charge in [0.1, 0.15) is 11.9 Å². The Morgan fingerprint density at radius 3 is 2.73 bits per heavy atom. The topological polar surface area (TPSA) is 82.4 Å². The van der Waals surface area contributed by atoms with Crippen molar-refractivity contribution in [1.29, 1.82) is 0 Å². The van der Waals surface area contributed by atoms with Crippen molar-refractivity contribution in [2.24, 2.45) is 0 Å². The Balaban J connectivity index is 1.47. The van der Waals surface area contributed by atoms with Crippen LogP contribution in [-0.2, 0) is 0 Å². The number of carbonyl (C=O) groups excluding carboxylic acids is 1. The molecule has 0 bridgehead atoms. The molecule has 1 aliphatic rings. The Morgan fingerprint density at radius 2 is 1.93 bits per heavy atom. The molecule has 1 saturated heterocycles. The molecule has 0 radical (unpaired) electrons. The number of alkyl halides is 2. The third-order valence-electron chi connectivity index (χ3n) is 4.65. The molecule has 2 aromatic heterocycles. The van der Waals surface area contributed by atoms with Gasteiger partial charge in [-0.1, -0.05) is 12.1 Å². The minimum atomic E-state index is -2.92. The molecule has 1 fully saturated rings. The van der Waals surface area contributed by atoms with E-state index in [-0.39, 0.29) is 23.6 Å². The number of aromatic nitrogens is 4. The molecule has 3 aromatic rings. The number of para-hydroxylation sites is 1. The maximum Gasteiger partial charge on any atom is 0.387 e. The molecule has 1 aromatic carbocycles. The van der Waals surface area contributed by atoms with Gasteiger partial charge in [0, 0.05) is 18.8 Å². The zero-order valence-corrected chi connectivity index (χ0v) is 15.9. The van der Waals surface area contributed by atoms with Gasteiger partial charge in [-0.2, -0.15) is 23.8 Å². The van der Waals surface area contributed by atoms with Crippen molar-refractivity contribution in [3.8, 4) is 17.3 Å². The molecule has 1 atom stereocenters. The van der Waals surface area contributed by atoms with Crippen molar-refractivity contribution in [3.05, 3.63) is 60.6 Å². The second-order valence-corrected chi connectivity index (χ2v) is 6.68. The number of piperidine rings is 1. The third-order valence-corrected chi connectivity index (χ3v) is 4.65. The smallest absolute Gasteiger partial charge is 0.387 e. The monoisotopic (exact) mass is 415 g/mol. The molecule has 8 nitrogen and oxygen atoms in total. The summed E-state index contributed by atoms with van der Waals surface area (Å²) in [5.41, 5.74) is 1.08. The summed E-state index contributed by atoms with van der Waals surface area (Å²) >= 11 is 0. The molecule has 0 N–H and O–H groups in total. The van der Waals surface area contributed by atoms with Gasteiger partial charge in [0.25, 0.3) is 5.91 Å². The standard InChI is InChI=1S/C20H19F2N5O3/c21-20(22)30-14-7-8-23-18(12-14)29-15-4-3-11-26(13-15)19(28)16-5-1-2-6-17(16)27-24-9-10-25-27/h1-2,5-10,12,15,20H,3-4,11,13H2/t15-/m1/s1. The van der Waals surface area contributed by atoms with Crippen molar-refractivity contribution in [2.75, 3.05) is 13.1 Å². The Hall–Kier alpha value is -3.56. The van der Waals surface area contributed by atoms with Crippen LogP contribution in [0.2, 0.25) is 0 Å². The number of amides is 1. The molecule has 0 saturated carbocycles. The summed E-state index contributed by atoms with van der Waals surface area (Å²) in [5.74, 6) is -0.00748. The largest absolute Gasteiger partial charge is 0.472 e. The van der Waals surface area contributed by atoms with Gasteiger partial charge < -0.3 is 14.4 Å². The van der Waals surface area contributed by atoms with Crippen LogP contribution in [0.5, 0.6) is 11.6 Å². The fourth-order valence-electron chi connectivity index (χ4n) is 3.36. The minimum absolute atomic E-state index is 0.0283. The fourth-order valence-corrected chi connectivity index (χ4v) is 3.36. The molecule has 156 valence electrons. The van der Waals surface area contributed by atoms with Crippen LogP contribution in [0.15, 0.2) is 55.0 Å². The molecule has 3 heterocycles. The van der Waals surface area contributed by atoms with Gasteiger partial charge in [-0.15, -0.1) is 0 Å². The van der Waals surface area contributed by atoms with Gasteiger partial charge >= 0.3 is 6.61 Å². The summed E-state index contributed by atoms with van der Waals surface area (Å²) in [4.78, 5) is 20.3. The van der Waals surface area contributed by atoms with Crippen LogP contribution < -0.4 is 9.47 Å². The van der Waals surface area contributed by atoms with Gasteiger partial charge in [0.2, 0.25) is 5.88 Å². The maximum absolute atomic E-state index is 13.2. The summed E-state index contributed by atoms with van der Waals surface area (Å²) in [5, 5.41) is 8.22. The summed E-state index contributed by atoms with van der Waals surface area (Å²) in [7, 11) is 0. The molecule has 0 unspecified atom stereocenters. The molecule has 0 spiro atoms. The first-order valence-corrected chi connectivity index (χ1v) is 9.42. The number of halogens is 2. The minimum Gasteiger partial charge on any atom is -0.472 e. The highest BCUT2D eigenvalue weighted by Gasteiger charge is 2.27. The van der Waals surface area contributed by atoms with E-state index in [0.29, 0.717) is 30.8 Å². The number of rotatable bonds is 6. The zero-order chi connectivity index (χ0) is 20.9. The Bertz CT molecular complexity index is 1000.